The lowest BCUT2D eigenvalue weighted by molar-refractivity contribution is 0.138. The first-order valence-corrected chi connectivity index (χ1v) is 5.25. The summed E-state index contributed by atoms with van der Waals surface area (Å²) in [4.78, 5) is 8.02. The lowest BCUT2D eigenvalue weighted by Gasteiger charge is -2.15. The van der Waals surface area contributed by atoms with Crippen LogP contribution in [-0.2, 0) is 0 Å². The van der Waals surface area contributed by atoms with Crippen molar-refractivity contribution in [2.24, 2.45) is 5.92 Å². The average Bonchev–Trinajstić information content (AvgIpc) is 2.61. The van der Waals surface area contributed by atoms with Crippen molar-refractivity contribution in [3.63, 3.8) is 0 Å². The van der Waals surface area contributed by atoms with Crippen LogP contribution in [0.1, 0.15) is 19.3 Å². The van der Waals surface area contributed by atoms with Gasteiger partial charge in [0.05, 0.1) is 18.5 Å². The van der Waals surface area contributed by atoms with Crippen molar-refractivity contribution in [1.82, 2.24) is 9.97 Å². The predicted octanol–water partition coefficient (Wildman–Crippen LogP) is 0.632. The van der Waals surface area contributed by atoms with E-state index in [1.165, 1.54) is 6.20 Å². The van der Waals surface area contributed by atoms with Crippen LogP contribution in [0.3, 0.4) is 0 Å². The highest BCUT2D eigenvalue weighted by molar-refractivity contribution is 5.38. The van der Waals surface area contributed by atoms with Gasteiger partial charge in [-0.2, -0.15) is 0 Å². The molecule has 1 aliphatic rings. The third-order valence-electron chi connectivity index (χ3n) is 2.82. The Morgan fingerprint density at radius 3 is 3.00 bits per heavy atom. The second kappa shape index (κ2) is 4.44. The van der Waals surface area contributed by atoms with Gasteiger partial charge in [-0.05, 0) is 12.8 Å². The smallest absolute Gasteiger partial charge is 0.146 e. The van der Waals surface area contributed by atoms with Crippen LogP contribution < -0.4 is 11.1 Å². The van der Waals surface area contributed by atoms with Crippen molar-refractivity contribution < 1.29 is 5.11 Å². The Bertz CT molecular complexity index is 331. The Morgan fingerprint density at radius 1 is 1.47 bits per heavy atom. The molecule has 0 bridgehead atoms. The molecule has 1 heterocycles. The summed E-state index contributed by atoms with van der Waals surface area (Å²) in [6, 6.07) is 0. The maximum absolute atomic E-state index is 9.62. The number of aromatic nitrogens is 2. The van der Waals surface area contributed by atoms with Crippen LogP contribution in [0.2, 0.25) is 0 Å². The minimum absolute atomic E-state index is 0.175. The molecular weight excluding hydrogens is 192 g/mol. The molecule has 5 nitrogen and oxygen atoms in total. The molecule has 5 heteroatoms. The molecule has 0 aromatic carbocycles. The van der Waals surface area contributed by atoms with Gasteiger partial charge in [0, 0.05) is 12.5 Å². The zero-order valence-corrected chi connectivity index (χ0v) is 8.56. The fourth-order valence-electron chi connectivity index (χ4n) is 1.96. The first kappa shape index (κ1) is 10.2. The monoisotopic (exact) mass is 208 g/mol. The second-order valence-electron chi connectivity index (χ2n) is 3.97. The summed E-state index contributed by atoms with van der Waals surface area (Å²) in [6.45, 7) is 0.735. The highest BCUT2D eigenvalue weighted by Gasteiger charge is 2.24. The van der Waals surface area contributed by atoms with Gasteiger partial charge in [0.2, 0.25) is 0 Å². The largest absolute Gasteiger partial charge is 0.393 e. The summed E-state index contributed by atoms with van der Waals surface area (Å²) in [7, 11) is 0. The van der Waals surface area contributed by atoms with E-state index < -0.39 is 0 Å². The predicted molar refractivity (Wildman–Crippen MR) is 58.3 cm³/mol. The van der Waals surface area contributed by atoms with E-state index in [4.69, 9.17) is 5.73 Å². The minimum Gasteiger partial charge on any atom is -0.393 e. The zero-order chi connectivity index (χ0) is 10.7. The molecule has 2 rings (SSSR count). The van der Waals surface area contributed by atoms with E-state index in [-0.39, 0.29) is 6.10 Å². The third-order valence-corrected chi connectivity index (χ3v) is 2.82. The number of hydrogen-bond donors (Lipinski definition) is 3. The van der Waals surface area contributed by atoms with Crippen molar-refractivity contribution in [2.75, 3.05) is 17.6 Å². The van der Waals surface area contributed by atoms with Crippen LogP contribution >= 0.6 is 0 Å². The SMILES string of the molecule is Nc1cncc(NCC2CCCC2O)n1. The van der Waals surface area contributed by atoms with Crippen LogP contribution in [0.5, 0.6) is 0 Å². The molecule has 2 unspecified atom stereocenters. The molecule has 0 radical (unpaired) electrons. The zero-order valence-electron chi connectivity index (χ0n) is 8.56. The Kier molecular flexibility index (Phi) is 3.01. The van der Waals surface area contributed by atoms with E-state index in [1.54, 1.807) is 6.20 Å². The second-order valence-corrected chi connectivity index (χ2v) is 3.97. The molecule has 0 aliphatic heterocycles. The van der Waals surface area contributed by atoms with Gasteiger partial charge in [0.1, 0.15) is 11.6 Å². The summed E-state index contributed by atoms with van der Waals surface area (Å²) in [5.41, 5.74) is 5.51. The number of nitrogen functional groups attached to an aromatic ring is 1. The number of hydrogen-bond acceptors (Lipinski definition) is 5. The first-order chi connectivity index (χ1) is 7.25. The molecule has 82 valence electrons. The number of nitrogens with two attached hydrogens (primary N) is 1. The minimum atomic E-state index is -0.175. The van der Waals surface area contributed by atoms with Crippen molar-refractivity contribution in [3.05, 3.63) is 12.4 Å². The Morgan fingerprint density at radius 2 is 2.33 bits per heavy atom. The molecule has 15 heavy (non-hydrogen) atoms. The Balaban J connectivity index is 1.87. The number of aliphatic hydroxyl groups is 1. The summed E-state index contributed by atoms with van der Waals surface area (Å²) < 4.78 is 0. The number of aliphatic hydroxyl groups excluding tert-OH is 1. The maximum Gasteiger partial charge on any atom is 0.146 e. The quantitative estimate of drug-likeness (QED) is 0.678. The van der Waals surface area contributed by atoms with Gasteiger partial charge >= 0.3 is 0 Å². The third kappa shape index (κ3) is 2.56. The summed E-state index contributed by atoms with van der Waals surface area (Å²) in [6.07, 6.45) is 6.06. The number of nitrogens with zero attached hydrogens (tertiary/aromatic N) is 2. The van der Waals surface area contributed by atoms with Crippen LogP contribution in [0.15, 0.2) is 12.4 Å². The van der Waals surface area contributed by atoms with Gasteiger partial charge in [0.15, 0.2) is 0 Å². The van der Waals surface area contributed by atoms with Crippen LogP contribution in [0.4, 0.5) is 11.6 Å². The first-order valence-electron chi connectivity index (χ1n) is 5.25. The lowest BCUT2D eigenvalue weighted by atomic mass is 10.1. The van der Waals surface area contributed by atoms with Crippen LogP contribution in [-0.4, -0.2) is 27.7 Å². The van der Waals surface area contributed by atoms with Crippen molar-refractivity contribution in [3.8, 4) is 0 Å². The maximum atomic E-state index is 9.62. The summed E-state index contributed by atoms with van der Waals surface area (Å²) in [5, 5.41) is 12.8. The highest BCUT2D eigenvalue weighted by Crippen LogP contribution is 2.25. The molecule has 1 aliphatic carbocycles. The van der Waals surface area contributed by atoms with Gasteiger partial charge in [-0.1, -0.05) is 6.42 Å². The van der Waals surface area contributed by atoms with E-state index in [0.29, 0.717) is 17.6 Å². The van der Waals surface area contributed by atoms with Crippen molar-refractivity contribution >= 4 is 11.6 Å². The molecule has 1 saturated carbocycles. The average molecular weight is 208 g/mol. The van der Waals surface area contributed by atoms with E-state index in [1.807, 2.05) is 0 Å². The lowest BCUT2D eigenvalue weighted by Crippen LogP contribution is -2.22. The molecule has 0 amide bonds. The highest BCUT2D eigenvalue weighted by atomic mass is 16.3. The van der Waals surface area contributed by atoms with Gasteiger partial charge < -0.3 is 16.2 Å². The standard InChI is InChI=1S/C10H16N4O/c11-9-5-12-6-10(14-9)13-4-7-2-1-3-8(7)15/h5-8,15H,1-4H2,(H3,11,13,14). The van der Waals surface area contributed by atoms with E-state index in [2.05, 4.69) is 15.3 Å². The molecule has 2 atom stereocenters. The normalized spacial score (nSPS) is 25.4. The summed E-state index contributed by atoms with van der Waals surface area (Å²) in [5.74, 6) is 1.41. The fraction of sp³-hybridized carbons (Fsp3) is 0.600. The number of nitrogens with one attached hydrogen (secondary N) is 1. The molecule has 0 saturated heterocycles. The van der Waals surface area contributed by atoms with Gasteiger partial charge in [-0.25, -0.2) is 4.98 Å². The Hall–Kier alpha value is -1.36. The summed E-state index contributed by atoms with van der Waals surface area (Å²) >= 11 is 0. The molecule has 0 spiro atoms. The molecule has 1 aromatic rings. The number of rotatable bonds is 3. The van der Waals surface area contributed by atoms with E-state index >= 15 is 0 Å². The van der Waals surface area contributed by atoms with Gasteiger partial charge in [-0.15, -0.1) is 0 Å². The van der Waals surface area contributed by atoms with Gasteiger partial charge in [-0.3, -0.25) is 4.98 Å². The van der Waals surface area contributed by atoms with Gasteiger partial charge in [0.25, 0.3) is 0 Å². The fourth-order valence-corrected chi connectivity index (χ4v) is 1.96. The molecule has 1 aromatic heterocycles. The Labute approximate surface area is 88.7 Å². The molecule has 4 N–H and O–H groups in total. The topological polar surface area (TPSA) is 84.1 Å². The van der Waals surface area contributed by atoms with E-state index in [9.17, 15) is 5.11 Å². The van der Waals surface area contributed by atoms with Crippen LogP contribution in [0, 0.1) is 5.92 Å². The van der Waals surface area contributed by atoms with Crippen molar-refractivity contribution in [2.45, 2.75) is 25.4 Å². The molecule has 1 fully saturated rings. The van der Waals surface area contributed by atoms with Crippen LogP contribution in [0.25, 0.3) is 0 Å². The van der Waals surface area contributed by atoms with E-state index in [0.717, 1.165) is 25.8 Å². The molecular formula is C10H16N4O. The number of anilines is 2. The van der Waals surface area contributed by atoms with Crippen molar-refractivity contribution in [1.29, 1.82) is 0 Å².